The van der Waals surface area contributed by atoms with E-state index in [9.17, 15) is 4.39 Å². The Morgan fingerprint density at radius 3 is 2.64 bits per heavy atom. The Morgan fingerprint density at radius 1 is 1.00 bits per heavy atom. The first kappa shape index (κ1) is 17.6. The fourth-order valence-electron chi connectivity index (χ4n) is 4.50. The molecule has 0 aliphatic carbocycles. The van der Waals surface area contributed by atoms with E-state index in [2.05, 4.69) is 50.0 Å². The van der Waals surface area contributed by atoms with E-state index in [-0.39, 0.29) is 5.82 Å². The van der Waals surface area contributed by atoms with Gasteiger partial charge in [-0.15, -0.1) is 0 Å². The molecule has 2 aromatic carbocycles. The molecule has 3 aromatic rings. The largest absolute Gasteiger partial charge is 0.352 e. The quantitative estimate of drug-likeness (QED) is 0.756. The van der Waals surface area contributed by atoms with Crippen LogP contribution in [0.15, 0.2) is 36.4 Å². The lowest BCUT2D eigenvalue weighted by Crippen LogP contribution is -2.48. The number of aryl methyl sites for hydroxylation is 1. The molecule has 0 amide bonds. The summed E-state index contributed by atoms with van der Waals surface area (Å²) in [5.74, 6) is 0.715. The second-order valence-corrected chi connectivity index (χ2v) is 7.99. The lowest BCUT2D eigenvalue weighted by molar-refractivity contribution is 0.197. The summed E-state index contributed by atoms with van der Waals surface area (Å²) in [6.45, 7) is 10.6. The van der Waals surface area contributed by atoms with Crippen LogP contribution in [0.5, 0.6) is 0 Å². The van der Waals surface area contributed by atoms with Crippen LogP contribution in [0.2, 0.25) is 0 Å². The van der Waals surface area contributed by atoms with E-state index in [1.807, 2.05) is 6.07 Å². The molecule has 28 heavy (non-hydrogen) atoms. The van der Waals surface area contributed by atoms with Crippen LogP contribution >= 0.6 is 0 Å². The molecule has 5 rings (SSSR count). The summed E-state index contributed by atoms with van der Waals surface area (Å²) < 4.78 is 13.4. The Kier molecular flexibility index (Phi) is 4.53. The molecule has 0 spiro atoms. The van der Waals surface area contributed by atoms with Crippen molar-refractivity contribution in [1.82, 2.24) is 20.0 Å². The number of fused-ring (bicyclic) bond motifs is 2. The molecular weight excluding hydrogens is 353 g/mol. The third-order valence-electron chi connectivity index (χ3n) is 6.19. The van der Waals surface area contributed by atoms with Gasteiger partial charge in [-0.3, -0.25) is 14.9 Å². The number of anilines is 1. The highest BCUT2D eigenvalue weighted by molar-refractivity contribution is 5.90. The minimum Gasteiger partial charge on any atom is -0.352 e. The van der Waals surface area contributed by atoms with Gasteiger partial charge in [0, 0.05) is 57.7 Å². The topological polar surface area (TPSA) is 38.4 Å². The first-order chi connectivity index (χ1) is 13.7. The molecule has 3 heterocycles. The van der Waals surface area contributed by atoms with Gasteiger partial charge < -0.3 is 4.90 Å². The van der Waals surface area contributed by atoms with Gasteiger partial charge in [-0.1, -0.05) is 18.2 Å². The number of hydrogen-bond acceptors (Lipinski definition) is 4. The molecule has 1 aromatic heterocycles. The molecule has 0 atom stereocenters. The second kappa shape index (κ2) is 7.18. The van der Waals surface area contributed by atoms with Crippen molar-refractivity contribution in [1.29, 1.82) is 0 Å². The van der Waals surface area contributed by atoms with E-state index in [0.717, 1.165) is 69.1 Å². The Bertz CT molecular complexity index is 990. The number of nitrogens with zero attached hydrogens (tertiary/aromatic N) is 4. The van der Waals surface area contributed by atoms with Crippen molar-refractivity contribution in [3.05, 3.63) is 58.9 Å². The summed E-state index contributed by atoms with van der Waals surface area (Å²) >= 11 is 0. The van der Waals surface area contributed by atoms with E-state index in [4.69, 9.17) is 0 Å². The third-order valence-corrected chi connectivity index (χ3v) is 6.19. The first-order valence-corrected chi connectivity index (χ1v) is 10.1. The highest BCUT2D eigenvalue weighted by Gasteiger charge is 2.23. The zero-order chi connectivity index (χ0) is 19.1. The van der Waals surface area contributed by atoms with Crippen molar-refractivity contribution in [2.24, 2.45) is 0 Å². The van der Waals surface area contributed by atoms with Crippen LogP contribution in [0.25, 0.3) is 10.9 Å². The lowest BCUT2D eigenvalue weighted by Gasteiger charge is -2.35. The molecule has 0 bridgehead atoms. The SMILES string of the molecule is Cc1cccc2c1CN(CCN1CCN(c3n[nH]c4cc(F)ccc34)CC1)C2. The number of nitrogens with one attached hydrogen (secondary N) is 1. The van der Waals surface area contributed by atoms with Crippen LogP contribution in [0.1, 0.15) is 16.7 Å². The van der Waals surface area contributed by atoms with Gasteiger partial charge in [0.25, 0.3) is 0 Å². The lowest BCUT2D eigenvalue weighted by atomic mass is 10.1. The minimum atomic E-state index is -0.230. The number of halogens is 1. The van der Waals surface area contributed by atoms with Crippen LogP contribution < -0.4 is 4.90 Å². The molecule has 146 valence electrons. The third kappa shape index (κ3) is 3.27. The number of hydrogen-bond donors (Lipinski definition) is 1. The van der Waals surface area contributed by atoms with E-state index in [0.29, 0.717) is 0 Å². The molecule has 1 saturated heterocycles. The number of piperazine rings is 1. The van der Waals surface area contributed by atoms with E-state index in [1.54, 1.807) is 0 Å². The van der Waals surface area contributed by atoms with Crippen molar-refractivity contribution < 1.29 is 4.39 Å². The number of benzene rings is 2. The second-order valence-electron chi connectivity index (χ2n) is 7.99. The van der Waals surface area contributed by atoms with E-state index >= 15 is 0 Å². The average molecular weight is 379 g/mol. The van der Waals surface area contributed by atoms with Crippen molar-refractivity contribution in [2.75, 3.05) is 44.2 Å². The summed E-state index contributed by atoms with van der Waals surface area (Å²) in [5, 5.41) is 8.39. The maximum absolute atomic E-state index is 13.4. The fraction of sp³-hybridized carbons (Fsp3) is 0.409. The standard InChI is InChI=1S/C22H26FN5/c1-16-3-2-4-17-14-27(15-20(16)17)8-7-26-9-11-28(12-10-26)22-19-6-5-18(23)13-21(19)24-25-22/h2-6,13H,7-12,14-15H2,1H3,(H,24,25). The molecule has 2 aliphatic rings. The van der Waals surface area contributed by atoms with Gasteiger partial charge in [-0.05, 0) is 41.8 Å². The van der Waals surface area contributed by atoms with E-state index in [1.165, 1.54) is 28.8 Å². The zero-order valence-corrected chi connectivity index (χ0v) is 16.3. The summed E-state index contributed by atoms with van der Waals surface area (Å²) in [6.07, 6.45) is 0. The highest BCUT2D eigenvalue weighted by Crippen LogP contribution is 2.27. The fourth-order valence-corrected chi connectivity index (χ4v) is 4.50. The van der Waals surface area contributed by atoms with Gasteiger partial charge in [-0.2, -0.15) is 5.10 Å². The highest BCUT2D eigenvalue weighted by atomic mass is 19.1. The van der Waals surface area contributed by atoms with Crippen LogP contribution in [0.4, 0.5) is 10.2 Å². The van der Waals surface area contributed by atoms with Crippen molar-refractivity contribution in [3.63, 3.8) is 0 Å². The Labute approximate surface area is 164 Å². The van der Waals surface area contributed by atoms with Crippen molar-refractivity contribution >= 4 is 16.7 Å². The molecule has 6 heteroatoms. The van der Waals surface area contributed by atoms with Gasteiger partial charge >= 0.3 is 0 Å². The van der Waals surface area contributed by atoms with Gasteiger partial charge in [0.1, 0.15) is 5.82 Å². The molecule has 0 saturated carbocycles. The molecule has 1 N–H and O–H groups in total. The summed E-state index contributed by atoms with van der Waals surface area (Å²) in [7, 11) is 0. The number of rotatable bonds is 4. The van der Waals surface area contributed by atoms with Crippen molar-refractivity contribution in [3.8, 4) is 0 Å². The smallest absolute Gasteiger partial charge is 0.158 e. The summed E-state index contributed by atoms with van der Waals surface area (Å²) in [6, 6.07) is 11.5. The number of aromatic nitrogens is 2. The molecule has 0 radical (unpaired) electrons. The number of H-pyrrole nitrogens is 1. The molecule has 5 nitrogen and oxygen atoms in total. The van der Waals surface area contributed by atoms with Gasteiger partial charge in [0.15, 0.2) is 5.82 Å². The summed E-state index contributed by atoms with van der Waals surface area (Å²) in [4.78, 5) is 7.41. The van der Waals surface area contributed by atoms with Gasteiger partial charge in [0.2, 0.25) is 0 Å². The number of aromatic amines is 1. The Balaban J connectivity index is 1.15. The predicted molar refractivity (Wildman–Crippen MR) is 110 cm³/mol. The van der Waals surface area contributed by atoms with Gasteiger partial charge in [0.05, 0.1) is 5.52 Å². The maximum Gasteiger partial charge on any atom is 0.158 e. The molecule has 1 fully saturated rings. The van der Waals surface area contributed by atoms with Crippen molar-refractivity contribution in [2.45, 2.75) is 20.0 Å². The maximum atomic E-state index is 13.4. The molecule has 2 aliphatic heterocycles. The predicted octanol–water partition coefficient (Wildman–Crippen LogP) is 3.15. The molecular formula is C22H26FN5. The van der Waals surface area contributed by atoms with E-state index < -0.39 is 0 Å². The van der Waals surface area contributed by atoms with Crippen LogP contribution in [0, 0.1) is 12.7 Å². The van der Waals surface area contributed by atoms with Crippen LogP contribution in [-0.2, 0) is 13.1 Å². The molecule has 0 unspecified atom stereocenters. The monoisotopic (exact) mass is 379 g/mol. The minimum absolute atomic E-state index is 0.230. The van der Waals surface area contributed by atoms with Gasteiger partial charge in [-0.25, -0.2) is 4.39 Å². The summed E-state index contributed by atoms with van der Waals surface area (Å²) in [5.41, 5.74) is 5.20. The zero-order valence-electron chi connectivity index (χ0n) is 16.3. The van der Waals surface area contributed by atoms with Crippen LogP contribution in [-0.4, -0.2) is 59.3 Å². The normalized spacial score (nSPS) is 18.1. The Morgan fingerprint density at radius 2 is 1.82 bits per heavy atom. The Hall–Kier alpha value is -2.44. The van der Waals surface area contributed by atoms with Crippen LogP contribution in [0.3, 0.4) is 0 Å². The average Bonchev–Trinajstić information content (AvgIpc) is 3.31. The first-order valence-electron chi connectivity index (χ1n) is 10.1.